The molecule has 0 fully saturated rings. The summed E-state index contributed by atoms with van der Waals surface area (Å²) in [5, 5.41) is 16.7. The molecular formula is C66H68S4Si2. The topological polar surface area (TPSA) is 0 Å². The van der Waals surface area contributed by atoms with Gasteiger partial charge in [-0.05, 0) is 197 Å². The van der Waals surface area contributed by atoms with E-state index in [4.69, 9.17) is 0 Å². The fourth-order valence-electron chi connectivity index (χ4n) is 10.3. The Balaban J connectivity index is 0.000000187. The summed E-state index contributed by atoms with van der Waals surface area (Å²) in [7, 11) is -3.29. The zero-order valence-corrected chi connectivity index (χ0v) is 48.6. The van der Waals surface area contributed by atoms with Gasteiger partial charge in [-0.15, -0.1) is 56.4 Å². The Morgan fingerprint density at radius 2 is 0.806 bits per heavy atom. The molecule has 0 atom stereocenters. The number of unbranched alkanes of at least 4 members (excludes halogenated alkanes) is 3. The molecule has 6 aromatic carbocycles. The average molecular weight is 1050 g/mol. The third kappa shape index (κ3) is 11.3. The van der Waals surface area contributed by atoms with Gasteiger partial charge in [0.1, 0.15) is 16.1 Å². The zero-order chi connectivity index (χ0) is 50.1. The molecule has 10 aromatic rings. The second kappa shape index (κ2) is 23.7. The molecule has 0 saturated heterocycles. The van der Waals surface area contributed by atoms with E-state index in [9.17, 15) is 0 Å². The van der Waals surface area contributed by atoms with Gasteiger partial charge in [0.15, 0.2) is 0 Å². The van der Waals surface area contributed by atoms with Crippen LogP contribution in [0.15, 0.2) is 150 Å². The Hall–Kier alpha value is -5.29. The highest BCUT2D eigenvalue weighted by atomic mass is 32.1. The molecule has 0 aliphatic rings. The van der Waals surface area contributed by atoms with Crippen LogP contribution in [0.3, 0.4) is 0 Å². The Morgan fingerprint density at radius 3 is 1.22 bits per heavy atom. The van der Waals surface area contributed by atoms with Crippen LogP contribution in [-0.2, 0) is 6.42 Å². The van der Waals surface area contributed by atoms with Gasteiger partial charge in [-0.2, -0.15) is 0 Å². The van der Waals surface area contributed by atoms with Gasteiger partial charge in [0.2, 0.25) is 0 Å². The first-order valence-corrected chi connectivity index (χ1v) is 35.2. The lowest BCUT2D eigenvalue weighted by molar-refractivity contribution is 0.670. The first-order valence-electron chi connectivity index (χ1n) is 26.5. The summed E-state index contributed by atoms with van der Waals surface area (Å²) in [5.74, 6) is 7.72. The van der Waals surface area contributed by atoms with E-state index in [1.807, 2.05) is 11.3 Å². The summed E-state index contributed by atoms with van der Waals surface area (Å²) in [6.07, 6.45) is 6.53. The number of hydrogen-bond donors (Lipinski definition) is 0. The van der Waals surface area contributed by atoms with Crippen LogP contribution in [0.5, 0.6) is 0 Å². The van der Waals surface area contributed by atoms with Gasteiger partial charge in [-0.3, -0.25) is 0 Å². The zero-order valence-electron chi connectivity index (χ0n) is 43.3. The molecule has 0 N–H and O–H groups in total. The quantitative estimate of drug-likeness (QED) is 0.0415. The Labute approximate surface area is 448 Å². The van der Waals surface area contributed by atoms with Crippen molar-refractivity contribution in [1.82, 2.24) is 0 Å². The van der Waals surface area contributed by atoms with E-state index in [2.05, 4.69) is 221 Å². The standard InChI is InChI=1S/C38H42S2Si2.C28H26S2/c1-7-41(8-2,9-3)25-21-33-31-19-17-30(38-16-14-24-40-38)28-36(31)34(22-26-42(10-4,11-5)12-6)32-20-18-29(27-35(32)33)37-15-13-23-39-37;1-2-3-4-5-7-26-13-14-28(30-26)23-12-10-21-16-24-18-22(27-8-6-15-29-27)11-9-20(24)17-25(21)19-23/h13-20,23-24,27-28H,7-12H2,1-6H3;6,8-19H,2-5,7H2,1H3. The molecule has 0 amide bonds. The van der Waals surface area contributed by atoms with Crippen molar-refractivity contribution in [2.75, 3.05) is 0 Å². The summed E-state index contributed by atoms with van der Waals surface area (Å²) in [6.45, 7) is 16.3. The van der Waals surface area contributed by atoms with Crippen LogP contribution in [0.4, 0.5) is 0 Å². The molecule has 0 radical (unpaired) electrons. The minimum Gasteiger partial charge on any atom is -0.144 e. The molecule has 6 heteroatoms. The van der Waals surface area contributed by atoms with Crippen molar-refractivity contribution in [3.63, 3.8) is 0 Å². The maximum Gasteiger partial charge on any atom is 0.138 e. The molecular weight excluding hydrogens is 977 g/mol. The average Bonchev–Trinajstić information content (AvgIpc) is 4.30. The van der Waals surface area contributed by atoms with Crippen LogP contribution in [0.25, 0.3) is 84.9 Å². The van der Waals surface area contributed by atoms with Crippen molar-refractivity contribution in [2.24, 2.45) is 0 Å². The summed E-state index contributed by atoms with van der Waals surface area (Å²) < 4.78 is 0. The Bertz CT molecular complexity index is 3390. The number of fused-ring (bicyclic) bond motifs is 4. The predicted octanol–water partition coefficient (Wildman–Crippen LogP) is 21.8. The van der Waals surface area contributed by atoms with Crippen molar-refractivity contribution in [3.05, 3.63) is 166 Å². The van der Waals surface area contributed by atoms with Crippen LogP contribution in [0.1, 0.15) is 90.2 Å². The van der Waals surface area contributed by atoms with E-state index in [0.29, 0.717) is 0 Å². The van der Waals surface area contributed by atoms with Gasteiger partial charge < -0.3 is 0 Å². The first kappa shape index (κ1) is 51.6. The van der Waals surface area contributed by atoms with Crippen molar-refractivity contribution in [3.8, 4) is 64.7 Å². The lowest BCUT2D eigenvalue weighted by Crippen LogP contribution is -2.29. The highest BCUT2D eigenvalue weighted by Gasteiger charge is 2.26. The van der Waals surface area contributed by atoms with E-state index in [-0.39, 0.29) is 0 Å². The fourth-order valence-corrected chi connectivity index (χ4v) is 18.3. The number of hydrogen-bond acceptors (Lipinski definition) is 4. The predicted molar refractivity (Wildman–Crippen MR) is 332 cm³/mol. The molecule has 4 heterocycles. The van der Waals surface area contributed by atoms with Crippen LogP contribution < -0.4 is 0 Å². The SMILES string of the molecule is CCCCCCc1ccc(-c2ccc3cc4cc(-c5cccs5)ccc4cc3c2)s1.CC[Si](C#Cc1c2ccc(-c3cccs3)cc2c(C#C[Si](CC)(CC)CC)c2ccc(-c3cccs3)cc12)(CC)CC. The first-order chi connectivity index (χ1) is 35.3. The van der Waals surface area contributed by atoms with Gasteiger partial charge in [0, 0.05) is 35.5 Å². The van der Waals surface area contributed by atoms with E-state index in [0.717, 1.165) is 0 Å². The molecule has 364 valence electrons. The minimum absolute atomic E-state index is 1.18. The van der Waals surface area contributed by atoms with Crippen LogP contribution in [0.2, 0.25) is 36.3 Å². The normalized spacial score (nSPS) is 11.7. The maximum atomic E-state index is 3.95. The van der Waals surface area contributed by atoms with E-state index < -0.39 is 16.1 Å². The van der Waals surface area contributed by atoms with Crippen LogP contribution in [-0.4, -0.2) is 16.1 Å². The van der Waals surface area contributed by atoms with E-state index >= 15 is 0 Å². The highest BCUT2D eigenvalue weighted by Crippen LogP contribution is 2.40. The van der Waals surface area contributed by atoms with Gasteiger partial charge in [-0.1, -0.05) is 146 Å². The molecule has 0 aliphatic heterocycles. The molecule has 0 unspecified atom stereocenters. The lowest BCUT2D eigenvalue weighted by Gasteiger charge is -2.21. The molecule has 0 saturated carbocycles. The lowest BCUT2D eigenvalue weighted by atomic mass is 9.90. The third-order valence-electron chi connectivity index (χ3n) is 15.5. The Kier molecular flexibility index (Phi) is 17.0. The molecule has 10 rings (SSSR count). The van der Waals surface area contributed by atoms with Crippen LogP contribution >= 0.6 is 45.3 Å². The van der Waals surface area contributed by atoms with Crippen LogP contribution in [0, 0.1) is 22.9 Å². The molecule has 0 aliphatic carbocycles. The summed E-state index contributed by atoms with van der Waals surface area (Å²) >= 11 is 7.35. The number of thiophene rings is 4. The number of benzene rings is 6. The van der Waals surface area contributed by atoms with Crippen molar-refractivity contribution in [2.45, 2.75) is 117 Å². The second-order valence-electron chi connectivity index (χ2n) is 19.4. The summed E-state index contributed by atoms with van der Waals surface area (Å²) in [5.41, 5.74) is 15.4. The molecule has 0 nitrogen and oxygen atoms in total. The molecule has 0 bridgehead atoms. The van der Waals surface area contributed by atoms with Crippen molar-refractivity contribution >= 4 is 105 Å². The fraction of sp³-hybridized carbons (Fsp3) is 0.273. The van der Waals surface area contributed by atoms with Crippen molar-refractivity contribution in [1.29, 1.82) is 0 Å². The van der Waals surface area contributed by atoms with E-state index in [1.54, 1.807) is 34.0 Å². The monoisotopic (exact) mass is 1040 g/mol. The number of rotatable bonds is 15. The highest BCUT2D eigenvalue weighted by molar-refractivity contribution is 7.15. The summed E-state index contributed by atoms with van der Waals surface area (Å²) in [6, 6.07) is 57.3. The molecule has 72 heavy (non-hydrogen) atoms. The minimum atomic E-state index is -1.64. The van der Waals surface area contributed by atoms with Crippen molar-refractivity contribution < 1.29 is 0 Å². The Morgan fingerprint density at radius 1 is 0.375 bits per heavy atom. The van der Waals surface area contributed by atoms with Gasteiger partial charge in [0.05, 0.1) is 0 Å². The van der Waals surface area contributed by atoms with E-state index in [1.165, 1.54) is 169 Å². The van der Waals surface area contributed by atoms with Gasteiger partial charge in [-0.25, -0.2) is 0 Å². The second-order valence-corrected chi connectivity index (χ2v) is 33.3. The summed E-state index contributed by atoms with van der Waals surface area (Å²) in [4.78, 5) is 6.82. The third-order valence-corrected chi connectivity index (χ3v) is 28.9. The van der Waals surface area contributed by atoms with Gasteiger partial charge >= 0.3 is 0 Å². The number of aryl methyl sites for hydroxylation is 1. The molecule has 4 aromatic heterocycles. The maximum absolute atomic E-state index is 3.95. The largest absolute Gasteiger partial charge is 0.144 e. The smallest absolute Gasteiger partial charge is 0.138 e. The molecule has 0 spiro atoms. The van der Waals surface area contributed by atoms with Gasteiger partial charge in [0.25, 0.3) is 0 Å².